The second-order valence-electron chi connectivity index (χ2n) is 2.51. The number of benzene rings is 1. The summed E-state index contributed by atoms with van der Waals surface area (Å²) in [5.74, 6) is 0. The summed E-state index contributed by atoms with van der Waals surface area (Å²) in [7, 11) is 0. The summed E-state index contributed by atoms with van der Waals surface area (Å²) >= 11 is 5.93. The molecule has 1 nitrogen and oxygen atoms in total. The Labute approximate surface area is 71.0 Å². The van der Waals surface area contributed by atoms with Crippen LogP contribution in [0.5, 0.6) is 0 Å². The summed E-state index contributed by atoms with van der Waals surface area (Å²) in [5.41, 5.74) is 2.28. The highest BCUT2D eigenvalue weighted by atomic mass is 35.5. The average Bonchev–Trinajstić information content (AvgIpc) is 2.06. The zero-order valence-electron chi connectivity index (χ0n) is 6.00. The number of hydrogen-bond donors (Lipinski definition) is 0. The van der Waals surface area contributed by atoms with Gasteiger partial charge in [-0.15, -0.1) is 0 Å². The maximum absolute atomic E-state index is 5.93. The Kier molecular flexibility index (Phi) is 1.59. The highest BCUT2D eigenvalue weighted by Gasteiger charge is 2.08. The summed E-state index contributed by atoms with van der Waals surface area (Å²) in [5, 5.41) is 0. The minimum Gasteiger partial charge on any atom is -0.281 e. The van der Waals surface area contributed by atoms with Crippen LogP contribution in [0.2, 0.25) is 0 Å². The molecule has 1 aliphatic heterocycles. The molecule has 2 heteroatoms. The van der Waals surface area contributed by atoms with Gasteiger partial charge in [-0.05, 0) is 11.6 Å². The minimum atomic E-state index is 0.790. The molecule has 2 rings (SSSR count). The van der Waals surface area contributed by atoms with Crippen LogP contribution in [-0.2, 0) is 0 Å². The van der Waals surface area contributed by atoms with E-state index in [0.717, 1.165) is 12.2 Å². The summed E-state index contributed by atoms with van der Waals surface area (Å²) in [6.07, 6.45) is 4.14. The number of hydrogen-bond acceptors (Lipinski definition) is 1. The maximum Gasteiger partial charge on any atom is 0.0599 e. The van der Waals surface area contributed by atoms with Crippen molar-refractivity contribution in [1.29, 1.82) is 0 Å². The Morgan fingerprint density at radius 3 is 2.91 bits per heavy atom. The van der Waals surface area contributed by atoms with Gasteiger partial charge in [0.15, 0.2) is 0 Å². The molecule has 0 N–H and O–H groups in total. The topological polar surface area (TPSA) is 3.24 Å². The second-order valence-corrected chi connectivity index (χ2v) is 2.91. The van der Waals surface area contributed by atoms with E-state index in [9.17, 15) is 0 Å². The van der Waals surface area contributed by atoms with Gasteiger partial charge in [-0.1, -0.05) is 30.4 Å². The third kappa shape index (κ3) is 1.12. The normalized spacial score (nSPS) is 14.8. The molecule has 56 valence electrons. The standard InChI is InChI=1S/C9H8ClN/c10-11-7-3-5-8-4-1-2-6-9(8)11/h1-6H,7H2. The number of para-hydroxylation sites is 1. The fourth-order valence-electron chi connectivity index (χ4n) is 1.22. The van der Waals surface area contributed by atoms with Crippen molar-refractivity contribution in [3.05, 3.63) is 35.9 Å². The van der Waals surface area contributed by atoms with Gasteiger partial charge in [-0.25, -0.2) is 0 Å². The molecule has 0 fully saturated rings. The second kappa shape index (κ2) is 2.59. The molecule has 0 bridgehead atoms. The monoisotopic (exact) mass is 165 g/mol. The van der Waals surface area contributed by atoms with E-state index in [1.807, 2.05) is 18.2 Å². The Morgan fingerprint density at radius 2 is 2.09 bits per heavy atom. The summed E-state index contributed by atoms with van der Waals surface area (Å²) in [4.78, 5) is 0. The van der Waals surface area contributed by atoms with Crippen molar-refractivity contribution in [2.45, 2.75) is 0 Å². The lowest BCUT2D eigenvalue weighted by atomic mass is 10.1. The van der Waals surface area contributed by atoms with Gasteiger partial charge in [0, 0.05) is 11.8 Å². The van der Waals surface area contributed by atoms with Crippen molar-refractivity contribution < 1.29 is 0 Å². The molecule has 1 aliphatic rings. The first-order valence-electron chi connectivity index (χ1n) is 3.57. The molecule has 11 heavy (non-hydrogen) atoms. The molecule has 0 aromatic heterocycles. The van der Waals surface area contributed by atoms with Crippen molar-refractivity contribution in [3.8, 4) is 0 Å². The van der Waals surface area contributed by atoms with Crippen molar-refractivity contribution in [2.24, 2.45) is 0 Å². The van der Waals surface area contributed by atoms with Gasteiger partial charge in [0.05, 0.1) is 12.2 Å². The molecule has 0 saturated heterocycles. The van der Waals surface area contributed by atoms with Crippen molar-refractivity contribution >= 4 is 23.5 Å². The first-order valence-corrected chi connectivity index (χ1v) is 3.90. The minimum absolute atomic E-state index is 0.790. The van der Waals surface area contributed by atoms with E-state index in [-0.39, 0.29) is 0 Å². The lowest BCUT2D eigenvalue weighted by Gasteiger charge is -2.19. The van der Waals surface area contributed by atoms with Gasteiger partial charge in [0.1, 0.15) is 0 Å². The molecular weight excluding hydrogens is 158 g/mol. The van der Waals surface area contributed by atoms with Crippen LogP contribution in [0.1, 0.15) is 5.56 Å². The number of halogens is 1. The highest BCUT2D eigenvalue weighted by molar-refractivity contribution is 6.26. The molecule has 0 aliphatic carbocycles. The Morgan fingerprint density at radius 1 is 1.27 bits per heavy atom. The SMILES string of the molecule is ClN1CC=Cc2ccccc21. The quantitative estimate of drug-likeness (QED) is 0.535. The summed E-state index contributed by atoms with van der Waals surface area (Å²) in [6, 6.07) is 8.08. The summed E-state index contributed by atoms with van der Waals surface area (Å²) in [6.45, 7) is 0.790. The Balaban J connectivity index is 2.54. The van der Waals surface area contributed by atoms with E-state index in [0.29, 0.717) is 0 Å². The van der Waals surface area contributed by atoms with Crippen molar-refractivity contribution in [3.63, 3.8) is 0 Å². The predicted octanol–water partition coefficient (Wildman–Crippen LogP) is 2.67. The zero-order chi connectivity index (χ0) is 7.68. The Hall–Kier alpha value is -0.950. The highest BCUT2D eigenvalue weighted by Crippen LogP contribution is 2.26. The third-order valence-corrected chi connectivity index (χ3v) is 2.08. The zero-order valence-corrected chi connectivity index (χ0v) is 6.75. The molecule has 0 atom stereocenters. The molecule has 1 aromatic carbocycles. The third-order valence-electron chi connectivity index (χ3n) is 1.76. The molecule has 1 aromatic rings. The molecule has 0 unspecified atom stereocenters. The number of rotatable bonds is 0. The smallest absolute Gasteiger partial charge is 0.0599 e. The fraction of sp³-hybridized carbons (Fsp3) is 0.111. The van der Waals surface area contributed by atoms with Crippen LogP contribution < -0.4 is 4.42 Å². The number of fused-ring (bicyclic) bond motifs is 1. The van der Waals surface area contributed by atoms with E-state index < -0.39 is 0 Å². The van der Waals surface area contributed by atoms with Crippen LogP contribution in [0.15, 0.2) is 30.3 Å². The predicted molar refractivity (Wildman–Crippen MR) is 48.7 cm³/mol. The van der Waals surface area contributed by atoms with Gasteiger partial charge in [0.2, 0.25) is 0 Å². The Bertz CT molecular complexity index is 293. The van der Waals surface area contributed by atoms with Gasteiger partial charge in [0.25, 0.3) is 0 Å². The average molecular weight is 166 g/mol. The van der Waals surface area contributed by atoms with Crippen molar-refractivity contribution in [1.82, 2.24) is 0 Å². The van der Waals surface area contributed by atoms with E-state index in [4.69, 9.17) is 11.8 Å². The van der Waals surface area contributed by atoms with E-state index in [1.54, 1.807) is 4.42 Å². The molecule has 0 spiro atoms. The lowest BCUT2D eigenvalue weighted by molar-refractivity contribution is 1.18. The van der Waals surface area contributed by atoms with Crippen LogP contribution in [-0.4, -0.2) is 6.54 Å². The first-order chi connectivity index (χ1) is 5.38. The van der Waals surface area contributed by atoms with E-state index in [2.05, 4.69) is 18.2 Å². The number of nitrogens with zero attached hydrogens (tertiary/aromatic N) is 1. The fourth-order valence-corrected chi connectivity index (χ4v) is 1.45. The number of anilines is 1. The van der Waals surface area contributed by atoms with E-state index >= 15 is 0 Å². The molecule has 1 heterocycles. The maximum atomic E-state index is 5.93. The van der Waals surface area contributed by atoms with Crippen LogP contribution >= 0.6 is 11.8 Å². The van der Waals surface area contributed by atoms with Crippen molar-refractivity contribution in [2.75, 3.05) is 11.0 Å². The largest absolute Gasteiger partial charge is 0.281 e. The molecule has 0 radical (unpaired) electrons. The molecular formula is C9H8ClN. The van der Waals surface area contributed by atoms with Crippen LogP contribution in [0.4, 0.5) is 5.69 Å². The van der Waals surface area contributed by atoms with Gasteiger partial charge < -0.3 is 0 Å². The first kappa shape index (κ1) is 6.74. The van der Waals surface area contributed by atoms with E-state index in [1.165, 1.54) is 5.56 Å². The van der Waals surface area contributed by atoms with Gasteiger partial charge >= 0.3 is 0 Å². The van der Waals surface area contributed by atoms with Gasteiger partial charge in [-0.3, -0.25) is 4.42 Å². The molecule has 0 amide bonds. The lowest BCUT2D eigenvalue weighted by Crippen LogP contribution is -2.13. The summed E-state index contributed by atoms with van der Waals surface area (Å²) < 4.78 is 1.72. The van der Waals surface area contributed by atoms with Gasteiger partial charge in [-0.2, -0.15) is 0 Å². The molecule has 0 saturated carbocycles. The van der Waals surface area contributed by atoms with Crippen LogP contribution in [0, 0.1) is 0 Å². The van der Waals surface area contributed by atoms with Crippen LogP contribution in [0.3, 0.4) is 0 Å². The van der Waals surface area contributed by atoms with Crippen LogP contribution in [0.25, 0.3) is 6.08 Å².